The predicted octanol–water partition coefficient (Wildman–Crippen LogP) is 5.63. The average Bonchev–Trinajstić information content (AvgIpc) is 3.08. The molecule has 2 bridgehead atoms. The summed E-state index contributed by atoms with van der Waals surface area (Å²) in [5.41, 5.74) is 4.26. The van der Waals surface area contributed by atoms with E-state index >= 15 is 0 Å². The molecule has 5 rings (SSSR count). The van der Waals surface area contributed by atoms with Gasteiger partial charge in [-0.25, -0.2) is 0 Å². The molecule has 3 heteroatoms. The monoisotopic (exact) mass is 424 g/mol. The van der Waals surface area contributed by atoms with Crippen LogP contribution in [0.2, 0.25) is 0 Å². The summed E-state index contributed by atoms with van der Waals surface area (Å²) in [5, 5.41) is 3.22. The molecule has 3 aromatic rings. The Morgan fingerprint density at radius 1 is 0.812 bits per heavy atom. The minimum Gasteiger partial charge on any atom is -0.352 e. The summed E-state index contributed by atoms with van der Waals surface area (Å²) in [5.74, 6) is 2.32. The predicted molar refractivity (Wildman–Crippen MR) is 130 cm³/mol. The highest BCUT2D eigenvalue weighted by molar-refractivity contribution is 6.00. The smallest absolute Gasteiger partial charge is 0.251 e. The zero-order valence-electron chi connectivity index (χ0n) is 18.6. The maximum atomic E-state index is 13.0. The number of nitrogens with one attached hydrogen (secondary N) is 1. The first-order valence-electron chi connectivity index (χ1n) is 12.0. The van der Waals surface area contributed by atoms with Crippen LogP contribution in [0, 0.1) is 17.8 Å². The Labute approximate surface area is 191 Å². The van der Waals surface area contributed by atoms with Gasteiger partial charge >= 0.3 is 0 Å². The molecule has 0 radical (unpaired) electrons. The molecule has 2 fully saturated rings. The van der Waals surface area contributed by atoms with Crippen molar-refractivity contribution in [2.45, 2.75) is 25.8 Å². The number of hydrogen-bond acceptors (Lipinski definition) is 2. The molecular formula is C29H32N2O. The highest BCUT2D eigenvalue weighted by Gasteiger charge is 2.41. The first-order chi connectivity index (χ1) is 15.8. The highest BCUT2D eigenvalue weighted by Crippen LogP contribution is 2.43. The Hall–Kier alpha value is -2.91. The fraction of sp³-hybridized carbons (Fsp3) is 0.345. The van der Waals surface area contributed by atoms with E-state index in [2.05, 4.69) is 52.7 Å². The van der Waals surface area contributed by atoms with Crippen LogP contribution in [0.25, 0.3) is 11.1 Å². The van der Waals surface area contributed by atoms with Gasteiger partial charge in [-0.2, -0.15) is 0 Å². The fourth-order valence-corrected chi connectivity index (χ4v) is 5.87. The molecule has 2 aliphatic rings. The van der Waals surface area contributed by atoms with Crippen LogP contribution in [0.1, 0.15) is 35.2 Å². The Kier molecular flexibility index (Phi) is 6.36. The number of hydrogen-bond donors (Lipinski definition) is 1. The van der Waals surface area contributed by atoms with Crippen molar-refractivity contribution in [3.63, 3.8) is 0 Å². The number of fused-ring (bicyclic) bond motifs is 2. The topological polar surface area (TPSA) is 32.3 Å². The molecule has 0 spiro atoms. The quantitative estimate of drug-likeness (QED) is 0.533. The third-order valence-corrected chi connectivity index (χ3v) is 7.37. The lowest BCUT2D eigenvalue weighted by molar-refractivity contribution is 0.0894. The van der Waals surface area contributed by atoms with Crippen LogP contribution in [0.5, 0.6) is 0 Å². The SMILES string of the molecule is O=C(NCCC1C2CCC1CN(Cc1ccccc1)C2)c1ccccc1-c1ccccc1. The third kappa shape index (κ3) is 4.63. The zero-order valence-corrected chi connectivity index (χ0v) is 18.6. The minimum atomic E-state index is 0.0401. The standard InChI is InChI=1S/C29H32N2O/c32-29(28-14-8-7-13-27(28)23-11-5-2-6-12-23)30-18-17-26-24-15-16-25(26)21-31(20-24)19-22-9-3-1-4-10-22/h1-14,24-26H,15-21H2,(H,30,32). The van der Waals surface area contributed by atoms with Crippen LogP contribution < -0.4 is 5.32 Å². The van der Waals surface area contributed by atoms with Gasteiger partial charge in [0, 0.05) is 31.7 Å². The summed E-state index contributed by atoms with van der Waals surface area (Å²) in [4.78, 5) is 15.6. The number of nitrogens with zero attached hydrogens (tertiary/aromatic N) is 1. The summed E-state index contributed by atoms with van der Waals surface area (Å²) in [7, 11) is 0. The summed E-state index contributed by atoms with van der Waals surface area (Å²) < 4.78 is 0. The number of amides is 1. The Morgan fingerprint density at radius 3 is 2.16 bits per heavy atom. The van der Waals surface area contributed by atoms with Crippen LogP contribution in [0.4, 0.5) is 0 Å². The second-order valence-corrected chi connectivity index (χ2v) is 9.40. The van der Waals surface area contributed by atoms with Crippen molar-refractivity contribution in [3.8, 4) is 11.1 Å². The van der Waals surface area contributed by atoms with Gasteiger partial charge in [-0.15, -0.1) is 0 Å². The Morgan fingerprint density at radius 2 is 1.44 bits per heavy atom. The third-order valence-electron chi connectivity index (χ3n) is 7.37. The maximum Gasteiger partial charge on any atom is 0.251 e. The van der Waals surface area contributed by atoms with Gasteiger partial charge < -0.3 is 5.32 Å². The maximum absolute atomic E-state index is 13.0. The molecule has 0 aromatic heterocycles. The van der Waals surface area contributed by atoms with Gasteiger partial charge in [-0.1, -0.05) is 78.9 Å². The van der Waals surface area contributed by atoms with Gasteiger partial charge in [0.25, 0.3) is 5.91 Å². The Bertz CT molecular complexity index is 1020. The summed E-state index contributed by atoms with van der Waals surface area (Å²) in [6.45, 7) is 4.22. The van der Waals surface area contributed by atoms with Gasteiger partial charge in [-0.05, 0) is 59.8 Å². The van der Waals surface area contributed by atoms with E-state index in [1.807, 2.05) is 42.5 Å². The van der Waals surface area contributed by atoms with E-state index in [1.165, 1.54) is 31.5 Å². The van der Waals surface area contributed by atoms with Crippen LogP contribution >= 0.6 is 0 Å². The van der Waals surface area contributed by atoms with E-state index in [-0.39, 0.29) is 5.91 Å². The van der Waals surface area contributed by atoms with Crippen molar-refractivity contribution >= 4 is 5.91 Å². The van der Waals surface area contributed by atoms with Gasteiger partial charge in [0.2, 0.25) is 0 Å². The van der Waals surface area contributed by atoms with Gasteiger partial charge in [0.15, 0.2) is 0 Å². The zero-order chi connectivity index (χ0) is 21.8. The van der Waals surface area contributed by atoms with E-state index in [1.54, 1.807) is 0 Å². The van der Waals surface area contributed by atoms with E-state index in [0.717, 1.165) is 54.0 Å². The van der Waals surface area contributed by atoms with Gasteiger partial charge in [0.05, 0.1) is 0 Å². The van der Waals surface area contributed by atoms with Crippen LogP contribution in [0.15, 0.2) is 84.9 Å². The molecule has 32 heavy (non-hydrogen) atoms. The van der Waals surface area contributed by atoms with Crippen molar-refractivity contribution in [2.75, 3.05) is 19.6 Å². The number of carbonyl (C=O) groups is 1. The highest BCUT2D eigenvalue weighted by atomic mass is 16.1. The van der Waals surface area contributed by atoms with Crippen LogP contribution in [-0.2, 0) is 6.54 Å². The first-order valence-corrected chi connectivity index (χ1v) is 12.0. The molecule has 1 amide bonds. The van der Waals surface area contributed by atoms with Crippen molar-refractivity contribution in [1.29, 1.82) is 0 Å². The largest absolute Gasteiger partial charge is 0.352 e. The molecule has 3 nitrogen and oxygen atoms in total. The number of benzene rings is 3. The van der Waals surface area contributed by atoms with Gasteiger partial charge in [0.1, 0.15) is 0 Å². The summed E-state index contributed by atoms with van der Waals surface area (Å²) >= 11 is 0. The lowest BCUT2D eigenvalue weighted by Gasteiger charge is -2.38. The minimum absolute atomic E-state index is 0.0401. The fourth-order valence-electron chi connectivity index (χ4n) is 5.87. The lowest BCUT2D eigenvalue weighted by atomic mass is 9.82. The molecule has 3 aromatic carbocycles. The van der Waals surface area contributed by atoms with Gasteiger partial charge in [-0.3, -0.25) is 9.69 Å². The summed E-state index contributed by atoms with van der Waals surface area (Å²) in [6.07, 6.45) is 3.77. The second-order valence-electron chi connectivity index (χ2n) is 9.40. The lowest BCUT2D eigenvalue weighted by Crippen LogP contribution is -2.42. The number of likely N-dealkylation sites (tertiary alicyclic amines) is 1. The normalized spacial score (nSPS) is 22.6. The number of carbonyl (C=O) groups excluding carboxylic acids is 1. The molecule has 1 N–H and O–H groups in total. The molecule has 1 aliphatic carbocycles. The second kappa shape index (κ2) is 9.70. The van der Waals surface area contributed by atoms with Crippen molar-refractivity contribution in [2.24, 2.45) is 17.8 Å². The van der Waals surface area contributed by atoms with E-state index in [4.69, 9.17) is 0 Å². The number of rotatable bonds is 7. The molecule has 1 aliphatic heterocycles. The molecule has 2 atom stereocenters. The van der Waals surface area contributed by atoms with E-state index < -0.39 is 0 Å². The van der Waals surface area contributed by atoms with E-state index in [0.29, 0.717) is 0 Å². The van der Waals surface area contributed by atoms with Crippen molar-refractivity contribution in [3.05, 3.63) is 96.1 Å². The molecule has 1 saturated carbocycles. The molecule has 1 saturated heterocycles. The average molecular weight is 425 g/mol. The van der Waals surface area contributed by atoms with Crippen LogP contribution in [-0.4, -0.2) is 30.4 Å². The molecule has 1 heterocycles. The molecule has 164 valence electrons. The van der Waals surface area contributed by atoms with Crippen molar-refractivity contribution < 1.29 is 4.79 Å². The van der Waals surface area contributed by atoms with Crippen molar-refractivity contribution in [1.82, 2.24) is 10.2 Å². The number of piperidine rings is 1. The van der Waals surface area contributed by atoms with Crippen LogP contribution in [0.3, 0.4) is 0 Å². The summed E-state index contributed by atoms with van der Waals surface area (Å²) in [6, 6.07) is 28.9. The first kappa shape index (κ1) is 21.0. The molecule has 2 unspecified atom stereocenters. The molecular weight excluding hydrogens is 392 g/mol. The Balaban J connectivity index is 1.16. The van der Waals surface area contributed by atoms with E-state index in [9.17, 15) is 4.79 Å².